The predicted molar refractivity (Wildman–Crippen MR) is 115 cm³/mol. The van der Waals surface area contributed by atoms with Crippen molar-refractivity contribution in [2.75, 3.05) is 32.2 Å². The van der Waals surface area contributed by atoms with Gasteiger partial charge in [-0.3, -0.25) is 4.79 Å². The van der Waals surface area contributed by atoms with Crippen molar-refractivity contribution in [3.8, 4) is 0 Å². The van der Waals surface area contributed by atoms with Gasteiger partial charge in [-0.15, -0.1) is 0 Å². The fraction of sp³-hybridized carbons (Fsp3) is 0.300. The van der Waals surface area contributed by atoms with Gasteiger partial charge in [-0.2, -0.15) is 4.99 Å². The first-order chi connectivity index (χ1) is 13.0. The SMILES string of the molecule is CCOCCn1c(=NC(=O)c2ccc(N(C)C)cc2)sc2cc(Br)ccc21. The number of benzene rings is 2. The topological polar surface area (TPSA) is 46.8 Å². The van der Waals surface area contributed by atoms with E-state index in [-0.39, 0.29) is 5.91 Å². The van der Waals surface area contributed by atoms with Crippen LogP contribution in [0.1, 0.15) is 17.3 Å². The lowest BCUT2D eigenvalue weighted by molar-refractivity contribution is 0.0996. The number of carbonyl (C=O) groups is 1. The molecule has 0 radical (unpaired) electrons. The number of thiazole rings is 1. The van der Waals surface area contributed by atoms with Crippen LogP contribution < -0.4 is 9.70 Å². The van der Waals surface area contributed by atoms with E-state index < -0.39 is 0 Å². The molecule has 0 aliphatic carbocycles. The zero-order valence-electron chi connectivity index (χ0n) is 15.6. The molecular formula is C20H22BrN3O2S. The molecule has 3 rings (SSSR count). The summed E-state index contributed by atoms with van der Waals surface area (Å²) in [6.07, 6.45) is 0. The van der Waals surface area contributed by atoms with Crippen LogP contribution in [0.4, 0.5) is 5.69 Å². The minimum atomic E-state index is -0.240. The van der Waals surface area contributed by atoms with Crippen molar-refractivity contribution in [1.29, 1.82) is 0 Å². The summed E-state index contributed by atoms with van der Waals surface area (Å²) in [6.45, 7) is 3.87. The van der Waals surface area contributed by atoms with Crippen molar-refractivity contribution >= 4 is 49.1 Å². The highest BCUT2D eigenvalue weighted by Gasteiger charge is 2.10. The number of amides is 1. The molecule has 0 aliphatic heterocycles. The molecule has 0 bridgehead atoms. The van der Waals surface area contributed by atoms with Crippen molar-refractivity contribution < 1.29 is 9.53 Å². The third-order valence-electron chi connectivity index (χ3n) is 4.14. The highest BCUT2D eigenvalue weighted by atomic mass is 79.9. The standard InChI is InChI=1S/C20H22BrN3O2S/c1-4-26-12-11-24-17-10-7-15(21)13-18(17)27-20(24)22-19(25)14-5-8-16(9-6-14)23(2)3/h5-10,13H,4,11-12H2,1-3H3. The summed E-state index contributed by atoms with van der Waals surface area (Å²) in [6, 6.07) is 13.6. The molecule has 0 atom stereocenters. The van der Waals surface area contributed by atoms with E-state index in [0.29, 0.717) is 30.1 Å². The maximum atomic E-state index is 12.7. The normalized spacial score (nSPS) is 11.9. The molecule has 0 saturated carbocycles. The van der Waals surface area contributed by atoms with Crippen LogP contribution in [0.5, 0.6) is 0 Å². The van der Waals surface area contributed by atoms with Crippen LogP contribution in [-0.4, -0.2) is 37.8 Å². The Hall–Kier alpha value is -1.96. The first-order valence-electron chi connectivity index (χ1n) is 8.72. The zero-order chi connectivity index (χ0) is 19.4. The van der Waals surface area contributed by atoms with Crippen LogP contribution >= 0.6 is 27.3 Å². The number of nitrogens with zero attached hydrogens (tertiary/aromatic N) is 3. The zero-order valence-corrected chi connectivity index (χ0v) is 18.0. The number of ether oxygens (including phenoxy) is 1. The van der Waals surface area contributed by atoms with E-state index in [9.17, 15) is 4.79 Å². The number of carbonyl (C=O) groups excluding carboxylic acids is 1. The van der Waals surface area contributed by atoms with Gasteiger partial charge in [0.05, 0.1) is 16.8 Å². The average Bonchev–Trinajstić information content (AvgIpc) is 2.98. The Kier molecular flexibility index (Phi) is 6.46. The molecule has 0 fully saturated rings. The van der Waals surface area contributed by atoms with Crippen molar-refractivity contribution in [2.45, 2.75) is 13.5 Å². The van der Waals surface area contributed by atoms with Crippen LogP contribution in [0.3, 0.4) is 0 Å². The minimum absolute atomic E-state index is 0.240. The second-order valence-electron chi connectivity index (χ2n) is 6.20. The Labute approximate surface area is 171 Å². The Morgan fingerprint density at radius 3 is 2.63 bits per heavy atom. The van der Waals surface area contributed by atoms with Gasteiger partial charge < -0.3 is 14.2 Å². The number of fused-ring (bicyclic) bond motifs is 1. The lowest BCUT2D eigenvalue weighted by Crippen LogP contribution is -2.19. The fourth-order valence-electron chi connectivity index (χ4n) is 2.70. The average molecular weight is 448 g/mol. The fourth-order valence-corrected chi connectivity index (χ4v) is 4.31. The molecular weight excluding hydrogens is 426 g/mol. The molecule has 1 aromatic heterocycles. The molecule has 2 aromatic carbocycles. The summed E-state index contributed by atoms with van der Waals surface area (Å²) in [5, 5.41) is 0. The van der Waals surface area contributed by atoms with E-state index in [2.05, 4.69) is 20.9 Å². The molecule has 3 aromatic rings. The Balaban J connectivity index is 2.00. The van der Waals surface area contributed by atoms with E-state index in [1.54, 1.807) is 0 Å². The van der Waals surface area contributed by atoms with Gasteiger partial charge in [0, 0.05) is 43.0 Å². The van der Waals surface area contributed by atoms with Crippen LogP contribution in [0.2, 0.25) is 0 Å². The van der Waals surface area contributed by atoms with Gasteiger partial charge in [-0.05, 0) is 49.4 Å². The summed E-state index contributed by atoms with van der Waals surface area (Å²) in [4.78, 5) is 19.8. The molecule has 0 aliphatic rings. The Morgan fingerprint density at radius 2 is 1.96 bits per heavy atom. The number of rotatable bonds is 6. The summed E-state index contributed by atoms with van der Waals surface area (Å²) in [5.74, 6) is -0.240. The maximum Gasteiger partial charge on any atom is 0.279 e. The lowest BCUT2D eigenvalue weighted by Gasteiger charge is -2.11. The van der Waals surface area contributed by atoms with Crippen molar-refractivity contribution in [3.63, 3.8) is 0 Å². The number of halogens is 1. The number of hydrogen-bond acceptors (Lipinski definition) is 4. The third kappa shape index (κ3) is 4.66. The maximum absolute atomic E-state index is 12.7. The first kappa shape index (κ1) is 19.8. The van der Waals surface area contributed by atoms with Crippen LogP contribution in [0.15, 0.2) is 51.9 Å². The third-order valence-corrected chi connectivity index (χ3v) is 5.67. The van der Waals surface area contributed by atoms with E-state index >= 15 is 0 Å². The summed E-state index contributed by atoms with van der Waals surface area (Å²) in [5.41, 5.74) is 2.68. The van der Waals surface area contributed by atoms with E-state index in [1.807, 2.05) is 73.0 Å². The Morgan fingerprint density at radius 1 is 1.22 bits per heavy atom. The van der Waals surface area contributed by atoms with Gasteiger partial charge in [0.15, 0.2) is 4.80 Å². The van der Waals surface area contributed by atoms with Crippen LogP contribution in [0, 0.1) is 0 Å². The lowest BCUT2D eigenvalue weighted by atomic mass is 10.2. The monoisotopic (exact) mass is 447 g/mol. The predicted octanol–water partition coefficient (Wildman–Crippen LogP) is 4.31. The molecule has 7 heteroatoms. The van der Waals surface area contributed by atoms with Crippen LogP contribution in [0.25, 0.3) is 10.2 Å². The molecule has 0 N–H and O–H groups in total. The first-order valence-corrected chi connectivity index (χ1v) is 10.3. The summed E-state index contributed by atoms with van der Waals surface area (Å²) >= 11 is 5.02. The largest absolute Gasteiger partial charge is 0.380 e. The van der Waals surface area contributed by atoms with E-state index in [1.165, 1.54) is 11.3 Å². The number of hydrogen-bond donors (Lipinski definition) is 0. The summed E-state index contributed by atoms with van der Waals surface area (Å²) in [7, 11) is 3.94. The molecule has 1 amide bonds. The van der Waals surface area contributed by atoms with Gasteiger partial charge in [-0.1, -0.05) is 27.3 Å². The summed E-state index contributed by atoms with van der Waals surface area (Å²) < 4.78 is 9.64. The molecule has 0 spiro atoms. The molecule has 142 valence electrons. The second-order valence-corrected chi connectivity index (χ2v) is 8.13. The van der Waals surface area contributed by atoms with Gasteiger partial charge >= 0.3 is 0 Å². The molecule has 0 saturated heterocycles. The highest BCUT2D eigenvalue weighted by Crippen LogP contribution is 2.22. The second kappa shape index (κ2) is 8.82. The number of aromatic nitrogens is 1. The quantitative estimate of drug-likeness (QED) is 0.528. The van der Waals surface area contributed by atoms with Gasteiger partial charge in [0.25, 0.3) is 5.91 Å². The Bertz CT molecular complexity index is 1010. The minimum Gasteiger partial charge on any atom is -0.380 e. The van der Waals surface area contributed by atoms with E-state index in [0.717, 1.165) is 20.4 Å². The van der Waals surface area contributed by atoms with Crippen LogP contribution in [-0.2, 0) is 11.3 Å². The van der Waals surface area contributed by atoms with Gasteiger partial charge in [-0.25, -0.2) is 0 Å². The number of anilines is 1. The van der Waals surface area contributed by atoms with Crippen molar-refractivity contribution in [1.82, 2.24) is 4.57 Å². The highest BCUT2D eigenvalue weighted by molar-refractivity contribution is 9.10. The van der Waals surface area contributed by atoms with E-state index in [4.69, 9.17) is 4.74 Å². The van der Waals surface area contributed by atoms with Crippen molar-refractivity contribution in [3.05, 3.63) is 57.3 Å². The van der Waals surface area contributed by atoms with Gasteiger partial charge in [0.2, 0.25) is 0 Å². The molecule has 5 nitrogen and oxygen atoms in total. The molecule has 27 heavy (non-hydrogen) atoms. The van der Waals surface area contributed by atoms with Crippen molar-refractivity contribution in [2.24, 2.45) is 4.99 Å². The molecule has 1 heterocycles. The van der Waals surface area contributed by atoms with Gasteiger partial charge in [0.1, 0.15) is 0 Å². The molecule has 0 unspecified atom stereocenters. The smallest absolute Gasteiger partial charge is 0.279 e.